The van der Waals surface area contributed by atoms with E-state index in [1.54, 1.807) is 18.2 Å². The number of benzene rings is 1. The Balaban J connectivity index is 2.92. The van der Waals surface area contributed by atoms with Crippen LogP contribution in [-0.4, -0.2) is 38.1 Å². The van der Waals surface area contributed by atoms with Gasteiger partial charge in [0.2, 0.25) is 0 Å². The van der Waals surface area contributed by atoms with E-state index < -0.39 is 23.9 Å². The zero-order valence-corrected chi connectivity index (χ0v) is 13.7. The zero-order valence-electron chi connectivity index (χ0n) is 13.7. The minimum atomic E-state index is -0.788. The second kappa shape index (κ2) is 8.73. The highest BCUT2D eigenvalue weighted by Crippen LogP contribution is 2.08. The first kappa shape index (κ1) is 18.4. The van der Waals surface area contributed by atoms with Crippen molar-refractivity contribution in [2.45, 2.75) is 26.3 Å². The molecule has 0 aromatic heterocycles. The van der Waals surface area contributed by atoms with Crippen molar-refractivity contribution in [3.8, 4) is 0 Å². The van der Waals surface area contributed by atoms with Crippen molar-refractivity contribution in [1.82, 2.24) is 5.32 Å². The van der Waals surface area contributed by atoms with Crippen LogP contribution in [0.3, 0.4) is 0 Å². The summed E-state index contributed by atoms with van der Waals surface area (Å²) in [6.45, 7) is 3.80. The highest BCUT2D eigenvalue weighted by Gasteiger charge is 2.21. The van der Waals surface area contributed by atoms with Crippen molar-refractivity contribution in [2.75, 3.05) is 14.2 Å². The summed E-state index contributed by atoms with van der Waals surface area (Å²) < 4.78 is 9.32. The number of ether oxygens (including phenoxy) is 2. The number of amides is 1. The number of carbonyl (C=O) groups is 3. The SMILES string of the molecule is COC(=O)c1cccc(C(=O)N[C@@H](CC=C(C)C)C(=O)OC)c1. The van der Waals surface area contributed by atoms with Crippen molar-refractivity contribution in [2.24, 2.45) is 0 Å². The molecule has 0 bridgehead atoms. The van der Waals surface area contributed by atoms with Crippen LogP contribution in [0.1, 0.15) is 41.0 Å². The van der Waals surface area contributed by atoms with Crippen LogP contribution in [0.25, 0.3) is 0 Å². The number of nitrogens with one attached hydrogen (secondary N) is 1. The Labute approximate surface area is 135 Å². The average Bonchev–Trinajstić information content (AvgIpc) is 2.56. The topological polar surface area (TPSA) is 81.7 Å². The van der Waals surface area contributed by atoms with Crippen LogP contribution in [0, 0.1) is 0 Å². The molecule has 1 rings (SSSR count). The molecule has 6 heteroatoms. The van der Waals surface area contributed by atoms with Crippen LogP contribution < -0.4 is 5.32 Å². The van der Waals surface area contributed by atoms with Gasteiger partial charge in [-0.25, -0.2) is 9.59 Å². The molecule has 0 aliphatic rings. The second-order valence-electron chi connectivity index (χ2n) is 5.14. The quantitative estimate of drug-likeness (QED) is 0.641. The predicted octanol–water partition coefficient (Wildman–Crippen LogP) is 2.10. The number of carbonyl (C=O) groups excluding carboxylic acids is 3. The highest BCUT2D eigenvalue weighted by atomic mass is 16.5. The lowest BCUT2D eigenvalue weighted by atomic mass is 10.1. The molecule has 0 heterocycles. The molecule has 0 spiro atoms. The first-order valence-corrected chi connectivity index (χ1v) is 7.09. The highest BCUT2D eigenvalue weighted by molar-refractivity contribution is 5.99. The van der Waals surface area contributed by atoms with E-state index in [-0.39, 0.29) is 11.1 Å². The molecule has 0 aliphatic heterocycles. The Kier molecular flexibility index (Phi) is 6.99. The minimum Gasteiger partial charge on any atom is -0.467 e. The number of esters is 2. The Bertz CT molecular complexity index is 617. The van der Waals surface area contributed by atoms with Crippen LogP contribution in [0.5, 0.6) is 0 Å². The summed E-state index contributed by atoms with van der Waals surface area (Å²) in [5, 5.41) is 2.61. The van der Waals surface area contributed by atoms with E-state index in [1.165, 1.54) is 20.3 Å². The van der Waals surface area contributed by atoms with Crippen molar-refractivity contribution in [3.05, 3.63) is 47.0 Å². The van der Waals surface area contributed by atoms with Crippen LogP contribution in [0.2, 0.25) is 0 Å². The standard InChI is InChI=1S/C17H21NO5/c1-11(2)8-9-14(17(21)23-4)18-15(19)12-6-5-7-13(10-12)16(20)22-3/h5-8,10,14H,9H2,1-4H3,(H,18,19)/t14-/m0/s1. The third-order valence-electron chi connectivity index (χ3n) is 3.10. The Morgan fingerprint density at radius 1 is 1.13 bits per heavy atom. The van der Waals surface area contributed by atoms with Crippen molar-refractivity contribution in [3.63, 3.8) is 0 Å². The van der Waals surface area contributed by atoms with Crippen molar-refractivity contribution < 1.29 is 23.9 Å². The monoisotopic (exact) mass is 319 g/mol. The van der Waals surface area contributed by atoms with E-state index in [1.807, 2.05) is 19.9 Å². The van der Waals surface area contributed by atoms with E-state index in [9.17, 15) is 14.4 Å². The van der Waals surface area contributed by atoms with E-state index >= 15 is 0 Å². The molecule has 1 N–H and O–H groups in total. The van der Waals surface area contributed by atoms with Gasteiger partial charge in [0.25, 0.3) is 5.91 Å². The molecule has 0 unspecified atom stereocenters. The molecular formula is C17H21NO5. The lowest BCUT2D eigenvalue weighted by molar-refractivity contribution is -0.142. The minimum absolute atomic E-state index is 0.263. The molecular weight excluding hydrogens is 298 g/mol. The summed E-state index contributed by atoms with van der Waals surface area (Å²) in [6.07, 6.45) is 2.17. The van der Waals surface area contributed by atoms with Crippen LogP contribution in [0.15, 0.2) is 35.9 Å². The molecule has 1 atom stereocenters. The maximum Gasteiger partial charge on any atom is 0.337 e. The molecule has 1 aromatic rings. The molecule has 0 aliphatic carbocycles. The maximum atomic E-state index is 12.3. The summed E-state index contributed by atoms with van der Waals surface area (Å²) in [6, 6.07) is 5.30. The molecule has 1 aromatic carbocycles. The summed E-state index contributed by atoms with van der Waals surface area (Å²) in [4.78, 5) is 35.6. The Morgan fingerprint density at radius 2 is 1.78 bits per heavy atom. The Morgan fingerprint density at radius 3 is 2.35 bits per heavy atom. The van der Waals surface area contributed by atoms with Gasteiger partial charge in [-0.15, -0.1) is 0 Å². The molecule has 124 valence electrons. The largest absolute Gasteiger partial charge is 0.467 e. The average molecular weight is 319 g/mol. The molecule has 0 radical (unpaired) electrons. The number of hydrogen-bond acceptors (Lipinski definition) is 5. The smallest absolute Gasteiger partial charge is 0.337 e. The van der Waals surface area contributed by atoms with Gasteiger partial charge in [-0.2, -0.15) is 0 Å². The van der Waals surface area contributed by atoms with Gasteiger partial charge in [0, 0.05) is 5.56 Å². The van der Waals surface area contributed by atoms with Gasteiger partial charge in [0.05, 0.1) is 19.8 Å². The second-order valence-corrected chi connectivity index (χ2v) is 5.14. The van der Waals surface area contributed by atoms with Crippen molar-refractivity contribution >= 4 is 17.8 Å². The number of hydrogen-bond donors (Lipinski definition) is 1. The molecule has 6 nitrogen and oxygen atoms in total. The lowest BCUT2D eigenvalue weighted by Gasteiger charge is -2.15. The first-order valence-electron chi connectivity index (χ1n) is 7.09. The molecule has 0 saturated heterocycles. The van der Waals surface area contributed by atoms with Gasteiger partial charge in [0.15, 0.2) is 0 Å². The first-order chi connectivity index (χ1) is 10.9. The predicted molar refractivity (Wildman–Crippen MR) is 85.1 cm³/mol. The maximum absolute atomic E-state index is 12.3. The molecule has 1 amide bonds. The van der Waals surface area contributed by atoms with Gasteiger partial charge >= 0.3 is 11.9 Å². The van der Waals surface area contributed by atoms with E-state index in [0.29, 0.717) is 6.42 Å². The summed E-state index contributed by atoms with van der Waals surface area (Å²) in [5.74, 6) is -1.53. The van der Waals surface area contributed by atoms with Gasteiger partial charge < -0.3 is 14.8 Å². The summed E-state index contributed by atoms with van der Waals surface area (Å²) >= 11 is 0. The summed E-state index contributed by atoms with van der Waals surface area (Å²) in [5.41, 5.74) is 1.55. The number of methoxy groups -OCH3 is 2. The van der Waals surface area contributed by atoms with Crippen LogP contribution in [-0.2, 0) is 14.3 Å². The lowest BCUT2D eigenvalue weighted by Crippen LogP contribution is -2.41. The normalized spacial score (nSPS) is 11.1. The van der Waals surface area contributed by atoms with E-state index in [2.05, 4.69) is 10.1 Å². The van der Waals surface area contributed by atoms with Gasteiger partial charge in [-0.05, 0) is 38.5 Å². The molecule has 0 saturated carbocycles. The zero-order chi connectivity index (χ0) is 17.4. The Hall–Kier alpha value is -2.63. The fourth-order valence-corrected chi connectivity index (χ4v) is 1.86. The summed E-state index contributed by atoms with van der Waals surface area (Å²) in [7, 11) is 2.53. The van der Waals surface area contributed by atoms with Crippen LogP contribution >= 0.6 is 0 Å². The molecule has 0 fully saturated rings. The number of rotatable bonds is 6. The third-order valence-corrected chi connectivity index (χ3v) is 3.10. The molecule has 23 heavy (non-hydrogen) atoms. The van der Waals surface area contributed by atoms with Gasteiger partial charge in [-0.1, -0.05) is 17.7 Å². The van der Waals surface area contributed by atoms with Gasteiger partial charge in [-0.3, -0.25) is 4.79 Å². The van der Waals surface area contributed by atoms with E-state index in [4.69, 9.17) is 4.74 Å². The van der Waals surface area contributed by atoms with Gasteiger partial charge in [0.1, 0.15) is 6.04 Å². The van der Waals surface area contributed by atoms with Crippen molar-refractivity contribution in [1.29, 1.82) is 0 Å². The number of allylic oxidation sites excluding steroid dienone is 1. The fraction of sp³-hybridized carbons (Fsp3) is 0.353. The van der Waals surface area contributed by atoms with Crippen LogP contribution in [0.4, 0.5) is 0 Å². The third kappa shape index (κ3) is 5.58. The fourth-order valence-electron chi connectivity index (χ4n) is 1.86. The van der Waals surface area contributed by atoms with E-state index in [0.717, 1.165) is 5.57 Å².